The van der Waals surface area contributed by atoms with Gasteiger partial charge in [0.05, 0.1) is 0 Å². The normalized spacial score (nSPS) is 15.7. The van der Waals surface area contributed by atoms with Crippen molar-refractivity contribution in [1.29, 1.82) is 0 Å². The number of thioether (sulfide) groups is 1. The van der Waals surface area contributed by atoms with Crippen molar-refractivity contribution in [2.75, 3.05) is 19.3 Å². The molecule has 1 aliphatic heterocycles. The Kier molecular flexibility index (Phi) is 5.28. The number of nitrogens with one attached hydrogen (secondary N) is 2. The van der Waals surface area contributed by atoms with E-state index < -0.39 is 0 Å². The van der Waals surface area contributed by atoms with Crippen LogP contribution in [0.15, 0.2) is 18.2 Å². The fraction of sp³-hybridized carbons (Fsp3) is 0.533. The van der Waals surface area contributed by atoms with Crippen molar-refractivity contribution >= 4 is 17.7 Å². The highest BCUT2D eigenvalue weighted by Crippen LogP contribution is 2.16. The maximum absolute atomic E-state index is 12.1. The highest BCUT2D eigenvalue weighted by molar-refractivity contribution is 7.99. The molecule has 1 heterocycles. The summed E-state index contributed by atoms with van der Waals surface area (Å²) in [7, 11) is 0. The summed E-state index contributed by atoms with van der Waals surface area (Å²) >= 11 is 1.83. The van der Waals surface area contributed by atoms with Gasteiger partial charge in [0.2, 0.25) is 0 Å². The Morgan fingerprint density at radius 3 is 3.11 bits per heavy atom. The average molecular weight is 278 g/mol. The monoisotopic (exact) mass is 278 g/mol. The molecule has 1 aliphatic rings. The number of hydrogen-bond acceptors (Lipinski definition) is 3. The van der Waals surface area contributed by atoms with Gasteiger partial charge in [-0.05, 0) is 48.9 Å². The zero-order valence-electron chi connectivity index (χ0n) is 11.7. The van der Waals surface area contributed by atoms with E-state index in [9.17, 15) is 4.79 Å². The molecule has 0 saturated carbocycles. The summed E-state index contributed by atoms with van der Waals surface area (Å²) in [5.41, 5.74) is 3.40. The van der Waals surface area contributed by atoms with E-state index >= 15 is 0 Å². The molecule has 0 radical (unpaired) electrons. The second kappa shape index (κ2) is 6.96. The van der Waals surface area contributed by atoms with Crippen molar-refractivity contribution in [3.63, 3.8) is 0 Å². The molecule has 0 aliphatic carbocycles. The molecule has 1 amide bonds. The number of benzene rings is 1. The highest BCUT2D eigenvalue weighted by Gasteiger charge is 2.12. The predicted octanol–water partition coefficient (Wildman–Crippen LogP) is 2.20. The Balaban J connectivity index is 1.92. The van der Waals surface area contributed by atoms with Crippen LogP contribution in [0.3, 0.4) is 0 Å². The van der Waals surface area contributed by atoms with Crippen LogP contribution in [-0.2, 0) is 13.0 Å². The largest absolute Gasteiger partial charge is 0.352 e. The first-order chi connectivity index (χ1) is 9.20. The van der Waals surface area contributed by atoms with E-state index in [1.54, 1.807) is 0 Å². The van der Waals surface area contributed by atoms with Crippen LogP contribution in [0.25, 0.3) is 0 Å². The van der Waals surface area contributed by atoms with Crippen LogP contribution in [0.2, 0.25) is 0 Å². The van der Waals surface area contributed by atoms with Crippen molar-refractivity contribution in [3.05, 3.63) is 34.9 Å². The van der Waals surface area contributed by atoms with Crippen LogP contribution in [0.4, 0.5) is 0 Å². The molecule has 19 heavy (non-hydrogen) atoms. The number of amides is 1. The van der Waals surface area contributed by atoms with Gasteiger partial charge in [-0.3, -0.25) is 4.79 Å². The van der Waals surface area contributed by atoms with Crippen LogP contribution >= 0.6 is 11.8 Å². The molecule has 1 aromatic rings. The van der Waals surface area contributed by atoms with Gasteiger partial charge in [0.15, 0.2) is 0 Å². The second-order valence-corrected chi connectivity index (χ2v) is 6.28. The fourth-order valence-electron chi connectivity index (χ4n) is 2.23. The number of carbonyl (C=O) groups excluding carboxylic acids is 1. The molecule has 0 saturated heterocycles. The minimum Gasteiger partial charge on any atom is -0.352 e. The summed E-state index contributed by atoms with van der Waals surface area (Å²) in [5, 5.41) is 6.93. The number of hydrogen-bond donors (Lipinski definition) is 2. The Morgan fingerprint density at radius 1 is 1.47 bits per heavy atom. The van der Waals surface area contributed by atoms with E-state index in [1.165, 1.54) is 11.1 Å². The second-order valence-electron chi connectivity index (χ2n) is 5.00. The van der Waals surface area contributed by atoms with E-state index in [0.29, 0.717) is 5.25 Å². The lowest BCUT2D eigenvalue weighted by molar-refractivity contribution is 0.0953. The third kappa shape index (κ3) is 3.98. The number of carbonyl (C=O) groups is 1. The summed E-state index contributed by atoms with van der Waals surface area (Å²) in [4.78, 5) is 12.1. The van der Waals surface area contributed by atoms with Gasteiger partial charge in [-0.1, -0.05) is 13.0 Å². The topological polar surface area (TPSA) is 41.1 Å². The van der Waals surface area contributed by atoms with E-state index in [1.807, 2.05) is 23.9 Å². The van der Waals surface area contributed by atoms with Crippen LogP contribution in [-0.4, -0.2) is 30.5 Å². The predicted molar refractivity (Wildman–Crippen MR) is 81.8 cm³/mol. The quantitative estimate of drug-likeness (QED) is 0.867. The van der Waals surface area contributed by atoms with Gasteiger partial charge in [-0.15, -0.1) is 0 Å². The standard InChI is InChI=1S/C15H22N2OS/c1-11(19-2)5-8-17-15(18)13-4-3-12-6-7-16-10-14(12)9-13/h3-4,9,11,16H,5-8,10H2,1-2H3,(H,17,18). The molecule has 3 nitrogen and oxygen atoms in total. The van der Waals surface area contributed by atoms with Crippen LogP contribution in [0, 0.1) is 0 Å². The Morgan fingerprint density at radius 2 is 2.32 bits per heavy atom. The molecule has 0 bridgehead atoms. The summed E-state index contributed by atoms with van der Waals surface area (Å²) in [6.45, 7) is 4.84. The van der Waals surface area contributed by atoms with Gasteiger partial charge in [0.1, 0.15) is 0 Å². The number of rotatable bonds is 5. The molecular weight excluding hydrogens is 256 g/mol. The molecule has 0 aromatic heterocycles. The summed E-state index contributed by atoms with van der Waals surface area (Å²) in [6.07, 6.45) is 4.17. The average Bonchev–Trinajstić information content (AvgIpc) is 2.46. The molecule has 1 unspecified atom stereocenters. The van der Waals surface area contributed by atoms with Crippen LogP contribution in [0.1, 0.15) is 34.8 Å². The van der Waals surface area contributed by atoms with Crippen molar-refractivity contribution < 1.29 is 4.79 Å². The van der Waals surface area contributed by atoms with E-state index in [4.69, 9.17) is 0 Å². The minimum atomic E-state index is 0.0432. The highest BCUT2D eigenvalue weighted by atomic mass is 32.2. The SMILES string of the molecule is CSC(C)CCNC(=O)c1ccc2c(c1)CNCC2. The first kappa shape index (κ1) is 14.4. The molecule has 2 rings (SSSR count). The Hall–Kier alpha value is -1.00. The molecule has 104 valence electrons. The lowest BCUT2D eigenvalue weighted by Gasteiger charge is -2.17. The van der Waals surface area contributed by atoms with Crippen LogP contribution < -0.4 is 10.6 Å². The summed E-state index contributed by atoms with van der Waals surface area (Å²) in [5.74, 6) is 0.0432. The fourth-order valence-corrected chi connectivity index (χ4v) is 2.58. The van der Waals surface area contributed by atoms with Crippen LogP contribution in [0.5, 0.6) is 0 Å². The molecular formula is C15H22N2OS. The third-order valence-electron chi connectivity index (χ3n) is 3.59. The number of fused-ring (bicyclic) bond motifs is 1. The summed E-state index contributed by atoms with van der Waals surface area (Å²) < 4.78 is 0. The van der Waals surface area contributed by atoms with Gasteiger partial charge in [-0.25, -0.2) is 0 Å². The molecule has 2 N–H and O–H groups in total. The third-order valence-corrected chi connectivity index (χ3v) is 4.63. The maximum atomic E-state index is 12.1. The lowest BCUT2D eigenvalue weighted by Crippen LogP contribution is -2.27. The van der Waals surface area contributed by atoms with Crippen molar-refractivity contribution in [3.8, 4) is 0 Å². The molecule has 0 spiro atoms. The van der Waals surface area contributed by atoms with E-state index in [0.717, 1.165) is 38.0 Å². The first-order valence-electron chi connectivity index (χ1n) is 6.84. The zero-order chi connectivity index (χ0) is 13.7. The van der Waals surface area contributed by atoms with Gasteiger partial charge in [0.25, 0.3) is 5.91 Å². The van der Waals surface area contributed by atoms with Gasteiger partial charge < -0.3 is 10.6 Å². The van der Waals surface area contributed by atoms with Crippen molar-refractivity contribution in [1.82, 2.24) is 10.6 Å². The Labute approximate surface area is 119 Å². The van der Waals surface area contributed by atoms with E-state index in [-0.39, 0.29) is 5.91 Å². The molecule has 4 heteroatoms. The smallest absolute Gasteiger partial charge is 0.251 e. The zero-order valence-corrected chi connectivity index (χ0v) is 12.5. The maximum Gasteiger partial charge on any atom is 0.251 e. The van der Waals surface area contributed by atoms with Crippen molar-refractivity contribution in [2.45, 2.75) is 31.6 Å². The van der Waals surface area contributed by atoms with Crippen molar-refractivity contribution in [2.24, 2.45) is 0 Å². The van der Waals surface area contributed by atoms with Gasteiger partial charge >= 0.3 is 0 Å². The van der Waals surface area contributed by atoms with E-state index in [2.05, 4.69) is 29.9 Å². The van der Waals surface area contributed by atoms with Gasteiger partial charge in [-0.2, -0.15) is 11.8 Å². The molecule has 0 fully saturated rings. The lowest BCUT2D eigenvalue weighted by atomic mass is 9.98. The first-order valence-corrected chi connectivity index (χ1v) is 8.13. The van der Waals surface area contributed by atoms with Gasteiger partial charge in [0, 0.05) is 23.9 Å². The Bertz CT molecular complexity index is 448. The molecule has 1 atom stereocenters. The summed E-state index contributed by atoms with van der Waals surface area (Å²) in [6, 6.07) is 6.06. The minimum absolute atomic E-state index is 0.0432. The molecule has 1 aromatic carbocycles.